The number of fused-ring (bicyclic) bond motifs is 5. The molecule has 0 amide bonds. The highest BCUT2D eigenvalue weighted by molar-refractivity contribution is 5.99. The number of methoxy groups -OCH3 is 1. The lowest BCUT2D eigenvalue weighted by molar-refractivity contribution is -0.151. The molecule has 2 heterocycles. The van der Waals surface area contributed by atoms with E-state index in [4.69, 9.17) is 9.47 Å². The van der Waals surface area contributed by atoms with Gasteiger partial charge in [-0.2, -0.15) is 5.10 Å². The number of aromatic nitrogens is 2. The van der Waals surface area contributed by atoms with Crippen molar-refractivity contribution in [1.29, 1.82) is 0 Å². The Morgan fingerprint density at radius 2 is 1.83 bits per heavy atom. The molecule has 3 fully saturated rings. The highest BCUT2D eigenvalue weighted by Crippen LogP contribution is 2.67. The second-order valence-corrected chi connectivity index (χ2v) is 16.0. The lowest BCUT2D eigenvalue weighted by atomic mass is 9.47. The molecule has 3 saturated carbocycles. The van der Waals surface area contributed by atoms with E-state index in [1.165, 1.54) is 50.5 Å². The van der Waals surface area contributed by atoms with Crippen molar-refractivity contribution in [2.45, 2.75) is 125 Å². The largest absolute Gasteiger partial charge is 0.458 e. The number of carbonyl (C=O) groups is 1. The van der Waals surface area contributed by atoms with E-state index in [9.17, 15) is 4.79 Å². The van der Waals surface area contributed by atoms with Crippen LogP contribution in [0.5, 0.6) is 0 Å². The third kappa shape index (κ3) is 4.94. The van der Waals surface area contributed by atoms with Crippen molar-refractivity contribution in [3.63, 3.8) is 0 Å². The number of allylic oxidation sites excluding steroid dienone is 1. The van der Waals surface area contributed by atoms with Crippen LogP contribution in [0.1, 0.15) is 112 Å². The second-order valence-electron chi connectivity index (χ2n) is 16.0. The molecule has 0 saturated heterocycles. The van der Waals surface area contributed by atoms with Gasteiger partial charge in [0.15, 0.2) is 0 Å². The van der Waals surface area contributed by atoms with E-state index < -0.39 is 0 Å². The first-order valence-electron chi connectivity index (χ1n) is 17.1. The normalized spacial score (nSPS) is 39.1. The Kier molecular flexibility index (Phi) is 8.07. The summed E-state index contributed by atoms with van der Waals surface area (Å²) in [5, 5.41) is 4.66. The lowest BCUT2D eigenvalue weighted by Gasteiger charge is -2.58. The van der Waals surface area contributed by atoms with Crippen LogP contribution in [-0.4, -0.2) is 35.1 Å². The van der Waals surface area contributed by atoms with Crippen LogP contribution >= 0.6 is 0 Å². The van der Waals surface area contributed by atoms with E-state index in [-0.39, 0.29) is 18.0 Å². The van der Waals surface area contributed by atoms with Gasteiger partial charge in [0.2, 0.25) is 0 Å². The summed E-state index contributed by atoms with van der Waals surface area (Å²) < 4.78 is 14.2. The molecule has 6 rings (SSSR count). The molecule has 5 aliphatic rings. The van der Waals surface area contributed by atoms with Crippen molar-refractivity contribution in [1.82, 2.24) is 9.78 Å². The first-order chi connectivity index (χ1) is 20.0. The summed E-state index contributed by atoms with van der Waals surface area (Å²) in [5.41, 5.74) is 5.49. The summed E-state index contributed by atoms with van der Waals surface area (Å²) >= 11 is 0. The smallest absolute Gasteiger partial charge is 0.334 e. The van der Waals surface area contributed by atoms with Crippen molar-refractivity contribution >= 4 is 11.5 Å². The Balaban J connectivity index is 1.23. The Morgan fingerprint density at radius 1 is 1.05 bits per heavy atom. The summed E-state index contributed by atoms with van der Waals surface area (Å²) in [6.07, 6.45) is 18.0. The zero-order chi connectivity index (χ0) is 30.0. The Hall–Kier alpha value is -1.88. The van der Waals surface area contributed by atoms with Crippen molar-refractivity contribution < 1.29 is 14.3 Å². The highest BCUT2D eigenvalue weighted by Gasteiger charge is 2.60. The van der Waals surface area contributed by atoms with Gasteiger partial charge >= 0.3 is 5.97 Å². The molecule has 5 nitrogen and oxygen atoms in total. The number of rotatable bonds is 7. The van der Waals surface area contributed by atoms with Gasteiger partial charge in [-0.1, -0.05) is 60.1 Å². The number of hydrogen-bond acceptors (Lipinski definition) is 4. The number of nitrogens with zero attached hydrogens (tertiary/aromatic N) is 2. The van der Waals surface area contributed by atoms with E-state index in [0.29, 0.717) is 34.7 Å². The van der Waals surface area contributed by atoms with Crippen LogP contribution in [0.2, 0.25) is 0 Å². The summed E-state index contributed by atoms with van der Waals surface area (Å²) in [7, 11) is 1.89. The summed E-state index contributed by atoms with van der Waals surface area (Å²) in [6.45, 7) is 17.2. The van der Waals surface area contributed by atoms with E-state index in [0.717, 1.165) is 48.3 Å². The number of cyclic esters (lactones) is 1. The van der Waals surface area contributed by atoms with Crippen molar-refractivity contribution in [3.05, 3.63) is 35.2 Å². The minimum absolute atomic E-state index is 0.0681. The molecule has 0 radical (unpaired) electrons. The minimum Gasteiger partial charge on any atom is -0.458 e. The molecular formula is C37H56N2O3. The van der Waals surface area contributed by atoms with Gasteiger partial charge in [-0.05, 0) is 109 Å². The van der Waals surface area contributed by atoms with Crippen LogP contribution in [0.4, 0.5) is 0 Å². The Bertz CT molecular complexity index is 1240. The van der Waals surface area contributed by atoms with Gasteiger partial charge in [-0.3, -0.25) is 4.68 Å². The van der Waals surface area contributed by atoms with Gasteiger partial charge in [0.05, 0.1) is 12.3 Å². The molecule has 1 aromatic heterocycles. The van der Waals surface area contributed by atoms with E-state index in [1.54, 1.807) is 5.57 Å². The second kappa shape index (κ2) is 11.2. The molecule has 1 aliphatic heterocycles. The molecule has 0 unspecified atom stereocenters. The van der Waals surface area contributed by atoms with Crippen LogP contribution in [0.3, 0.4) is 0 Å². The third-order valence-electron chi connectivity index (χ3n) is 13.0. The average molecular weight is 577 g/mol. The quantitative estimate of drug-likeness (QED) is 0.241. The summed E-state index contributed by atoms with van der Waals surface area (Å²) in [4.78, 5) is 13.6. The van der Waals surface area contributed by atoms with Gasteiger partial charge in [-0.15, -0.1) is 0 Å². The van der Waals surface area contributed by atoms with Crippen LogP contribution < -0.4 is 0 Å². The Morgan fingerprint density at radius 3 is 2.55 bits per heavy atom. The predicted octanol–water partition coefficient (Wildman–Crippen LogP) is 8.49. The number of carbonyl (C=O) groups excluding carboxylic acids is 1. The molecule has 232 valence electrons. The first-order valence-corrected chi connectivity index (χ1v) is 17.1. The molecule has 9 atom stereocenters. The molecule has 0 spiro atoms. The topological polar surface area (TPSA) is 53.4 Å². The van der Waals surface area contributed by atoms with Gasteiger partial charge in [0, 0.05) is 37.4 Å². The summed E-state index contributed by atoms with van der Waals surface area (Å²) in [6, 6.07) is 0. The molecule has 42 heavy (non-hydrogen) atoms. The monoisotopic (exact) mass is 576 g/mol. The molecule has 0 bridgehead atoms. The fourth-order valence-electron chi connectivity index (χ4n) is 10.8. The first kappa shape index (κ1) is 30.2. The third-order valence-corrected chi connectivity index (χ3v) is 13.0. The van der Waals surface area contributed by atoms with Gasteiger partial charge in [0.1, 0.15) is 6.10 Å². The molecule has 5 heteroatoms. The average Bonchev–Trinajstić information content (AvgIpc) is 3.55. The highest BCUT2D eigenvalue weighted by atomic mass is 16.5. The van der Waals surface area contributed by atoms with Crippen LogP contribution in [0.15, 0.2) is 29.6 Å². The van der Waals surface area contributed by atoms with Gasteiger partial charge in [-0.25, -0.2) is 4.79 Å². The molecule has 0 N–H and O–H groups in total. The van der Waals surface area contributed by atoms with E-state index in [1.807, 2.05) is 18.0 Å². The zero-order valence-corrected chi connectivity index (χ0v) is 27.6. The molecular weight excluding hydrogens is 520 g/mol. The fourth-order valence-corrected chi connectivity index (χ4v) is 10.8. The number of esters is 1. The maximum Gasteiger partial charge on any atom is 0.334 e. The molecule has 0 aromatic carbocycles. The van der Waals surface area contributed by atoms with Crippen LogP contribution in [0, 0.1) is 52.3 Å². The molecule has 4 aliphatic carbocycles. The van der Waals surface area contributed by atoms with Gasteiger partial charge < -0.3 is 9.47 Å². The fraction of sp³-hybridized carbons (Fsp3) is 0.784. The number of hydrogen-bond donors (Lipinski definition) is 0. The Labute approximate surface area is 254 Å². The standard InChI is InChI=1S/C37H56N2O3/c1-22(2)20-39-21-25(19-38-39)29-18-33(42-35(40)34(29)23(3)4)24(5)30-11-12-31-28-10-9-26-17-27(41-8)13-15-36(26,6)32(28)14-16-37(30,31)7/h9,19,21-24,27-28,30-33H,10-18,20H2,1-8H3/t24-,27-,28-,30+,31-,32-,33+,36-,37+/m0/s1. The zero-order valence-electron chi connectivity index (χ0n) is 27.6. The van der Waals surface area contributed by atoms with Crippen molar-refractivity contribution in [2.75, 3.05) is 7.11 Å². The number of ether oxygens (including phenoxy) is 2. The van der Waals surface area contributed by atoms with Crippen molar-refractivity contribution in [2.24, 2.45) is 52.3 Å². The lowest BCUT2D eigenvalue weighted by Crippen LogP contribution is -2.51. The van der Waals surface area contributed by atoms with Gasteiger partial charge in [0.25, 0.3) is 0 Å². The predicted molar refractivity (Wildman–Crippen MR) is 168 cm³/mol. The summed E-state index contributed by atoms with van der Waals surface area (Å²) in [5.74, 6) is 3.86. The minimum atomic E-state index is -0.104. The molecule has 1 aromatic rings. The SMILES string of the molecule is CO[C@H]1CC[C@@]2(C)C(=CC[C@H]3[C@@H]4CC[C@H]([C@H](C)[C@H]5CC(c6cnn(CC(C)C)c6)=C(C(C)C)C(=O)O5)[C@@]4(C)CC[C@@H]32)C1. The van der Waals surface area contributed by atoms with E-state index >= 15 is 0 Å². The van der Waals surface area contributed by atoms with Crippen LogP contribution in [0.25, 0.3) is 5.57 Å². The van der Waals surface area contributed by atoms with E-state index in [2.05, 4.69) is 65.8 Å². The van der Waals surface area contributed by atoms with Crippen LogP contribution in [-0.2, 0) is 20.8 Å². The van der Waals surface area contributed by atoms with Crippen molar-refractivity contribution in [3.8, 4) is 0 Å². The maximum absolute atomic E-state index is 13.6. The maximum atomic E-state index is 13.6.